The minimum Gasteiger partial charge on any atom is -0.399 e. The van der Waals surface area contributed by atoms with Crippen LogP contribution < -0.4 is 10.5 Å². The molecule has 0 aliphatic heterocycles. The zero-order valence-electron chi connectivity index (χ0n) is 12.3. The molecule has 21 heavy (non-hydrogen) atoms. The van der Waals surface area contributed by atoms with Crippen LogP contribution in [0.1, 0.15) is 19.8 Å². The van der Waals surface area contributed by atoms with Crippen molar-refractivity contribution in [3.8, 4) is 0 Å². The van der Waals surface area contributed by atoms with E-state index in [0.29, 0.717) is 18.0 Å². The Morgan fingerprint density at radius 1 is 1.43 bits per heavy atom. The molecule has 0 aliphatic carbocycles. The first kappa shape index (κ1) is 18.3. The maximum atomic E-state index is 11.8. The molecular formula is C14H24N2O3S2. The number of nitrogen functional groups attached to an aromatic ring is 1. The Hall–Kier alpha value is -0.760. The molecule has 0 aliphatic rings. The first-order chi connectivity index (χ1) is 9.93. The average Bonchev–Trinajstić information content (AvgIpc) is 2.43. The van der Waals surface area contributed by atoms with Crippen molar-refractivity contribution in [2.24, 2.45) is 5.92 Å². The Morgan fingerprint density at radius 2 is 2.19 bits per heavy atom. The van der Waals surface area contributed by atoms with E-state index in [-0.39, 0.29) is 18.3 Å². The molecule has 1 atom stereocenters. The molecule has 1 unspecified atom stereocenters. The SMILES string of the molecule is CC(CO)CCCNS(=O)(=O)CCSc1cccc(N)c1. The number of nitrogens with two attached hydrogens (primary N) is 1. The minimum atomic E-state index is -3.23. The average molecular weight is 332 g/mol. The van der Waals surface area contributed by atoms with Gasteiger partial charge in [-0.2, -0.15) is 0 Å². The second-order valence-electron chi connectivity index (χ2n) is 5.06. The number of benzene rings is 1. The largest absolute Gasteiger partial charge is 0.399 e. The number of anilines is 1. The van der Waals surface area contributed by atoms with Crippen LogP contribution in [0.2, 0.25) is 0 Å². The van der Waals surface area contributed by atoms with E-state index in [2.05, 4.69) is 4.72 Å². The summed E-state index contributed by atoms with van der Waals surface area (Å²) in [7, 11) is -3.23. The van der Waals surface area contributed by atoms with Gasteiger partial charge in [-0.3, -0.25) is 0 Å². The van der Waals surface area contributed by atoms with Gasteiger partial charge in [-0.05, 0) is 37.0 Å². The number of aliphatic hydroxyl groups excluding tert-OH is 1. The van der Waals surface area contributed by atoms with Crippen LogP contribution in [0.5, 0.6) is 0 Å². The third kappa shape index (κ3) is 8.31. The van der Waals surface area contributed by atoms with E-state index in [1.807, 2.05) is 25.1 Å². The van der Waals surface area contributed by atoms with Crippen LogP contribution in [0.15, 0.2) is 29.2 Å². The number of rotatable bonds is 10. The molecule has 0 saturated carbocycles. The van der Waals surface area contributed by atoms with E-state index in [1.165, 1.54) is 11.8 Å². The van der Waals surface area contributed by atoms with Crippen LogP contribution in [-0.4, -0.2) is 38.2 Å². The summed E-state index contributed by atoms with van der Waals surface area (Å²) in [4.78, 5) is 0.974. The van der Waals surface area contributed by atoms with Gasteiger partial charge in [0.2, 0.25) is 10.0 Å². The Bertz CT molecular complexity index is 521. The summed E-state index contributed by atoms with van der Waals surface area (Å²) >= 11 is 1.48. The molecular weight excluding hydrogens is 308 g/mol. The van der Waals surface area contributed by atoms with Crippen molar-refractivity contribution in [1.29, 1.82) is 0 Å². The Labute approximate surface area is 131 Å². The lowest BCUT2D eigenvalue weighted by Crippen LogP contribution is -2.28. The summed E-state index contributed by atoms with van der Waals surface area (Å²) in [6, 6.07) is 7.40. The summed E-state index contributed by atoms with van der Waals surface area (Å²) in [5.41, 5.74) is 6.35. The third-order valence-corrected chi connectivity index (χ3v) is 5.63. The molecule has 0 heterocycles. The number of hydrogen-bond donors (Lipinski definition) is 3. The van der Waals surface area contributed by atoms with E-state index in [1.54, 1.807) is 6.07 Å². The van der Waals surface area contributed by atoms with Crippen molar-refractivity contribution in [2.75, 3.05) is 30.4 Å². The van der Waals surface area contributed by atoms with Gasteiger partial charge >= 0.3 is 0 Å². The fourth-order valence-electron chi connectivity index (χ4n) is 1.72. The number of thioether (sulfide) groups is 1. The molecule has 7 heteroatoms. The van der Waals surface area contributed by atoms with Crippen molar-refractivity contribution < 1.29 is 13.5 Å². The van der Waals surface area contributed by atoms with Gasteiger partial charge < -0.3 is 10.8 Å². The van der Waals surface area contributed by atoms with E-state index >= 15 is 0 Å². The lowest BCUT2D eigenvalue weighted by Gasteiger charge is -2.09. The van der Waals surface area contributed by atoms with Crippen molar-refractivity contribution in [1.82, 2.24) is 4.72 Å². The highest BCUT2D eigenvalue weighted by atomic mass is 32.2. The number of sulfonamides is 1. The van der Waals surface area contributed by atoms with E-state index in [0.717, 1.165) is 17.7 Å². The van der Waals surface area contributed by atoms with Crippen molar-refractivity contribution in [3.05, 3.63) is 24.3 Å². The molecule has 1 rings (SSSR count). The lowest BCUT2D eigenvalue weighted by atomic mass is 10.1. The van der Waals surface area contributed by atoms with Crippen LogP contribution in [0.3, 0.4) is 0 Å². The number of nitrogens with one attached hydrogen (secondary N) is 1. The van der Waals surface area contributed by atoms with Crippen LogP contribution in [0.25, 0.3) is 0 Å². The van der Waals surface area contributed by atoms with Gasteiger partial charge in [0.25, 0.3) is 0 Å². The Morgan fingerprint density at radius 3 is 2.86 bits per heavy atom. The standard InChI is InChI=1S/C14H24N2O3S2/c1-12(11-17)4-3-7-16-21(18,19)9-8-20-14-6-2-5-13(15)10-14/h2,5-6,10,12,16-17H,3-4,7-9,11,15H2,1H3. The normalized spacial score (nSPS) is 13.2. The fourth-order valence-corrected chi connectivity index (χ4v) is 4.16. The van der Waals surface area contributed by atoms with Crippen LogP contribution in [-0.2, 0) is 10.0 Å². The highest BCUT2D eigenvalue weighted by Crippen LogP contribution is 2.20. The van der Waals surface area contributed by atoms with Gasteiger partial charge in [-0.25, -0.2) is 13.1 Å². The minimum absolute atomic E-state index is 0.0853. The Balaban J connectivity index is 2.23. The molecule has 0 saturated heterocycles. The molecule has 0 fully saturated rings. The molecule has 0 aromatic heterocycles. The van der Waals surface area contributed by atoms with Crippen molar-refractivity contribution in [3.63, 3.8) is 0 Å². The van der Waals surface area contributed by atoms with Gasteiger partial charge in [0.15, 0.2) is 0 Å². The maximum absolute atomic E-state index is 11.8. The smallest absolute Gasteiger partial charge is 0.212 e. The van der Waals surface area contributed by atoms with Gasteiger partial charge in [0.05, 0.1) is 5.75 Å². The van der Waals surface area contributed by atoms with E-state index < -0.39 is 10.0 Å². The predicted octanol–water partition coefficient (Wildman–Crippen LogP) is 1.69. The molecule has 1 aromatic rings. The van der Waals surface area contributed by atoms with Gasteiger partial charge in [-0.1, -0.05) is 13.0 Å². The second-order valence-corrected chi connectivity index (χ2v) is 8.16. The fraction of sp³-hybridized carbons (Fsp3) is 0.571. The van der Waals surface area contributed by atoms with Crippen molar-refractivity contribution in [2.45, 2.75) is 24.7 Å². The quantitative estimate of drug-likeness (QED) is 0.344. The maximum Gasteiger partial charge on any atom is 0.212 e. The summed E-state index contributed by atoms with van der Waals surface area (Å²) < 4.78 is 26.2. The van der Waals surface area contributed by atoms with Gasteiger partial charge in [0.1, 0.15) is 0 Å². The summed E-state index contributed by atoms with van der Waals surface area (Å²) in [5.74, 6) is 0.794. The summed E-state index contributed by atoms with van der Waals surface area (Å²) in [6.45, 7) is 2.51. The van der Waals surface area contributed by atoms with Gasteiger partial charge in [-0.15, -0.1) is 11.8 Å². The summed E-state index contributed by atoms with van der Waals surface area (Å²) in [5, 5.41) is 8.89. The predicted molar refractivity (Wildman–Crippen MR) is 88.9 cm³/mol. The molecule has 120 valence electrons. The third-order valence-electron chi connectivity index (χ3n) is 2.99. The number of aliphatic hydroxyl groups is 1. The molecule has 0 spiro atoms. The molecule has 0 radical (unpaired) electrons. The molecule has 0 amide bonds. The zero-order valence-corrected chi connectivity index (χ0v) is 13.9. The van der Waals surface area contributed by atoms with E-state index in [9.17, 15) is 8.42 Å². The molecule has 1 aromatic carbocycles. The molecule has 4 N–H and O–H groups in total. The monoisotopic (exact) mass is 332 g/mol. The first-order valence-electron chi connectivity index (χ1n) is 6.99. The summed E-state index contributed by atoms with van der Waals surface area (Å²) in [6.07, 6.45) is 1.56. The van der Waals surface area contributed by atoms with E-state index in [4.69, 9.17) is 10.8 Å². The second kappa shape index (κ2) is 9.30. The van der Waals surface area contributed by atoms with Crippen molar-refractivity contribution >= 4 is 27.5 Å². The van der Waals surface area contributed by atoms with Crippen LogP contribution >= 0.6 is 11.8 Å². The molecule has 5 nitrogen and oxygen atoms in total. The van der Waals surface area contributed by atoms with Crippen LogP contribution in [0.4, 0.5) is 5.69 Å². The highest BCUT2D eigenvalue weighted by molar-refractivity contribution is 8.00. The van der Waals surface area contributed by atoms with Gasteiger partial charge in [0, 0.05) is 29.5 Å². The topological polar surface area (TPSA) is 92.4 Å². The number of hydrogen-bond acceptors (Lipinski definition) is 5. The highest BCUT2D eigenvalue weighted by Gasteiger charge is 2.10. The zero-order chi connectivity index (χ0) is 15.7. The van der Waals surface area contributed by atoms with Crippen LogP contribution in [0, 0.1) is 5.92 Å². The molecule has 0 bridgehead atoms. The Kier molecular flexibility index (Phi) is 8.10. The first-order valence-corrected chi connectivity index (χ1v) is 9.63. The lowest BCUT2D eigenvalue weighted by molar-refractivity contribution is 0.228.